The molecule has 0 radical (unpaired) electrons. The van der Waals surface area contributed by atoms with Gasteiger partial charge in [0.15, 0.2) is 0 Å². The molecule has 3 aromatic rings. The van der Waals surface area contributed by atoms with Gasteiger partial charge in [-0.05, 0) is 49.1 Å². The predicted octanol–water partition coefficient (Wildman–Crippen LogP) is 8.71. The van der Waals surface area contributed by atoms with Gasteiger partial charge in [0, 0.05) is 23.0 Å². The van der Waals surface area contributed by atoms with Gasteiger partial charge in [0.2, 0.25) is 10.3 Å². The molecule has 0 aliphatic heterocycles. The van der Waals surface area contributed by atoms with Gasteiger partial charge in [0.1, 0.15) is 5.75 Å². The van der Waals surface area contributed by atoms with Crippen LogP contribution in [0, 0.1) is 0 Å². The van der Waals surface area contributed by atoms with Crippen LogP contribution in [-0.2, 0) is 6.42 Å². The van der Waals surface area contributed by atoms with Crippen molar-refractivity contribution >= 4 is 40.1 Å². The fourth-order valence-electron chi connectivity index (χ4n) is 4.09. The van der Waals surface area contributed by atoms with Gasteiger partial charge in [-0.1, -0.05) is 107 Å². The Morgan fingerprint density at radius 1 is 0.872 bits per heavy atom. The first-order valence-electron chi connectivity index (χ1n) is 14.3. The molecule has 39 heavy (non-hydrogen) atoms. The molecule has 9 heteroatoms. The van der Waals surface area contributed by atoms with E-state index < -0.39 is 0 Å². The molecular formula is C30H43N5O2S2. The van der Waals surface area contributed by atoms with Crippen molar-refractivity contribution in [3.05, 3.63) is 60.2 Å². The van der Waals surface area contributed by atoms with E-state index in [1.807, 2.05) is 30.3 Å². The van der Waals surface area contributed by atoms with Crippen LogP contribution >= 0.6 is 23.3 Å². The molecule has 7 nitrogen and oxygen atoms in total. The van der Waals surface area contributed by atoms with Gasteiger partial charge in [-0.2, -0.15) is 9.36 Å². The molecule has 3 rings (SSSR count). The molecule has 212 valence electrons. The van der Waals surface area contributed by atoms with Crippen LogP contribution in [-0.4, -0.2) is 27.7 Å². The molecule has 0 saturated heterocycles. The fraction of sp³-hybridized carbons (Fsp3) is 0.500. The zero-order valence-corrected chi connectivity index (χ0v) is 24.8. The SMILES string of the molecule is CCCCCCCCCCCCOc1ccc(NC(=O)NNc2nc(SCCCc3ccccc3)ns2)cc1. The van der Waals surface area contributed by atoms with E-state index in [1.54, 1.807) is 11.8 Å². The molecule has 0 spiro atoms. The molecule has 0 atom stereocenters. The lowest BCUT2D eigenvalue weighted by molar-refractivity contribution is 0.254. The number of nitrogens with zero attached hydrogens (tertiary/aromatic N) is 2. The van der Waals surface area contributed by atoms with E-state index in [4.69, 9.17) is 4.74 Å². The minimum atomic E-state index is -0.374. The van der Waals surface area contributed by atoms with Crippen LogP contribution in [0.4, 0.5) is 15.6 Å². The molecule has 1 aromatic heterocycles. The average Bonchev–Trinajstić information content (AvgIpc) is 3.42. The Labute approximate surface area is 242 Å². The number of benzene rings is 2. The highest BCUT2D eigenvalue weighted by molar-refractivity contribution is 7.99. The number of rotatable bonds is 20. The quantitative estimate of drug-likeness (QED) is 0.0716. The number of hydrazine groups is 1. The zero-order chi connectivity index (χ0) is 27.4. The molecule has 0 bridgehead atoms. The van der Waals surface area contributed by atoms with Gasteiger partial charge in [-0.15, -0.1) is 0 Å². The number of nitrogens with one attached hydrogen (secondary N) is 3. The predicted molar refractivity (Wildman–Crippen MR) is 165 cm³/mol. The van der Waals surface area contributed by atoms with E-state index in [2.05, 4.69) is 56.7 Å². The fourth-order valence-corrected chi connectivity index (χ4v) is 5.53. The summed E-state index contributed by atoms with van der Waals surface area (Å²) in [6, 6.07) is 17.5. The smallest absolute Gasteiger partial charge is 0.337 e. The number of anilines is 2. The third kappa shape index (κ3) is 13.7. The van der Waals surface area contributed by atoms with E-state index in [9.17, 15) is 4.79 Å². The van der Waals surface area contributed by atoms with Crippen LogP contribution in [0.3, 0.4) is 0 Å². The number of unbranched alkanes of at least 4 members (excludes halogenated alkanes) is 9. The molecule has 0 unspecified atom stereocenters. The second kappa shape index (κ2) is 19.3. The molecule has 2 aromatic carbocycles. The number of hydrogen-bond donors (Lipinski definition) is 3. The standard InChI is InChI=1S/C30H43N5O2S2/c1-2-3-4-5-6-7-8-9-10-14-23-37-27-21-19-26(20-22-27)31-28(36)33-34-29-32-30(35-39-29)38-24-15-18-25-16-12-11-13-17-25/h11-13,16-17,19-22H,2-10,14-15,18,23-24H2,1H3,(H2,31,33,36)(H,32,34,35). The van der Waals surface area contributed by atoms with Crippen molar-refractivity contribution in [2.75, 3.05) is 23.1 Å². The Morgan fingerprint density at radius 2 is 1.56 bits per heavy atom. The van der Waals surface area contributed by atoms with Gasteiger partial charge < -0.3 is 10.1 Å². The summed E-state index contributed by atoms with van der Waals surface area (Å²) in [5, 5.41) is 4.06. The molecule has 0 aliphatic carbocycles. The van der Waals surface area contributed by atoms with E-state index in [-0.39, 0.29) is 6.03 Å². The number of aromatic nitrogens is 2. The van der Waals surface area contributed by atoms with Crippen molar-refractivity contribution < 1.29 is 9.53 Å². The first-order valence-corrected chi connectivity index (χ1v) is 16.0. The number of ether oxygens (including phenoxy) is 1. The summed E-state index contributed by atoms with van der Waals surface area (Å²) in [6.45, 7) is 2.99. The molecule has 0 fully saturated rings. The Hall–Kier alpha value is -2.78. The second-order valence-corrected chi connectivity index (χ2v) is 11.4. The topological polar surface area (TPSA) is 88.2 Å². The number of urea groups is 1. The van der Waals surface area contributed by atoms with Crippen LogP contribution in [0.15, 0.2) is 59.8 Å². The number of amides is 2. The number of carbonyl (C=O) groups excluding carboxylic acids is 1. The number of aryl methyl sites for hydroxylation is 1. The van der Waals surface area contributed by atoms with E-state index >= 15 is 0 Å². The Kier molecular flexibility index (Phi) is 15.2. The van der Waals surface area contributed by atoms with Crippen molar-refractivity contribution in [3.8, 4) is 5.75 Å². The normalized spacial score (nSPS) is 10.8. The monoisotopic (exact) mass is 569 g/mol. The molecular weight excluding hydrogens is 526 g/mol. The van der Waals surface area contributed by atoms with Crippen molar-refractivity contribution in [2.24, 2.45) is 0 Å². The Balaban J connectivity index is 1.21. The van der Waals surface area contributed by atoms with Gasteiger partial charge >= 0.3 is 6.03 Å². The van der Waals surface area contributed by atoms with E-state index in [0.29, 0.717) is 16.0 Å². The lowest BCUT2D eigenvalue weighted by Crippen LogP contribution is -2.33. The van der Waals surface area contributed by atoms with Gasteiger partial charge in [-0.3, -0.25) is 5.43 Å². The van der Waals surface area contributed by atoms with Gasteiger partial charge in [-0.25, -0.2) is 10.2 Å². The average molecular weight is 570 g/mol. The number of hydrogen-bond acceptors (Lipinski definition) is 7. The summed E-state index contributed by atoms with van der Waals surface area (Å²) in [5.74, 6) is 1.76. The highest BCUT2D eigenvalue weighted by atomic mass is 32.2. The molecule has 0 aliphatic rings. The summed E-state index contributed by atoms with van der Waals surface area (Å²) < 4.78 is 10.2. The van der Waals surface area contributed by atoms with Crippen LogP contribution < -0.4 is 20.9 Å². The minimum absolute atomic E-state index is 0.374. The van der Waals surface area contributed by atoms with Gasteiger partial charge in [0.25, 0.3) is 0 Å². The maximum Gasteiger partial charge on any atom is 0.337 e. The molecule has 2 amide bonds. The van der Waals surface area contributed by atoms with Crippen molar-refractivity contribution in [3.63, 3.8) is 0 Å². The van der Waals surface area contributed by atoms with Crippen LogP contribution in [0.1, 0.15) is 83.1 Å². The maximum absolute atomic E-state index is 12.2. The minimum Gasteiger partial charge on any atom is -0.494 e. The first-order chi connectivity index (χ1) is 19.2. The maximum atomic E-state index is 12.2. The summed E-state index contributed by atoms with van der Waals surface area (Å²) in [7, 11) is 0. The van der Waals surface area contributed by atoms with Crippen molar-refractivity contribution in [1.29, 1.82) is 0 Å². The van der Waals surface area contributed by atoms with Crippen molar-refractivity contribution in [1.82, 2.24) is 14.8 Å². The summed E-state index contributed by atoms with van der Waals surface area (Å²) in [5.41, 5.74) is 7.46. The first kappa shape index (κ1) is 30.8. The Morgan fingerprint density at radius 3 is 2.28 bits per heavy atom. The molecule has 0 saturated carbocycles. The number of carbonyl (C=O) groups is 1. The molecule has 1 heterocycles. The van der Waals surface area contributed by atoms with E-state index in [0.717, 1.165) is 37.4 Å². The molecule has 3 N–H and O–H groups in total. The third-order valence-corrected chi connectivity index (χ3v) is 7.93. The lowest BCUT2D eigenvalue weighted by atomic mass is 10.1. The number of thioether (sulfide) groups is 1. The lowest BCUT2D eigenvalue weighted by Gasteiger charge is -2.09. The van der Waals surface area contributed by atoms with Crippen molar-refractivity contribution in [2.45, 2.75) is 89.1 Å². The van der Waals surface area contributed by atoms with Crippen LogP contribution in [0.25, 0.3) is 0 Å². The van der Waals surface area contributed by atoms with Gasteiger partial charge in [0.05, 0.1) is 6.61 Å². The summed E-state index contributed by atoms with van der Waals surface area (Å²) >= 11 is 2.84. The summed E-state index contributed by atoms with van der Waals surface area (Å²) in [4.78, 5) is 16.7. The largest absolute Gasteiger partial charge is 0.494 e. The third-order valence-electron chi connectivity index (χ3n) is 6.25. The highest BCUT2D eigenvalue weighted by Gasteiger charge is 2.07. The second-order valence-electron chi connectivity index (χ2n) is 9.58. The zero-order valence-electron chi connectivity index (χ0n) is 23.1. The highest BCUT2D eigenvalue weighted by Crippen LogP contribution is 2.21. The van der Waals surface area contributed by atoms with E-state index in [1.165, 1.54) is 74.9 Å². The van der Waals surface area contributed by atoms with Crippen LogP contribution in [0.5, 0.6) is 5.75 Å². The Bertz CT molecular complexity index is 1050. The summed E-state index contributed by atoms with van der Waals surface area (Å²) in [6.07, 6.45) is 15.2. The van der Waals surface area contributed by atoms with Crippen LogP contribution in [0.2, 0.25) is 0 Å².